The highest BCUT2D eigenvalue weighted by atomic mass is 35.5. The van der Waals surface area contributed by atoms with Gasteiger partial charge in [-0.05, 0) is 35.9 Å². The van der Waals surface area contributed by atoms with Crippen LogP contribution in [0.5, 0.6) is 0 Å². The minimum Gasteiger partial charge on any atom is -0.394 e. The average molecular weight is 385 g/mol. The van der Waals surface area contributed by atoms with E-state index in [0.29, 0.717) is 10.6 Å². The maximum atomic E-state index is 12.3. The zero-order valence-corrected chi connectivity index (χ0v) is 14.2. The molecule has 132 valence electrons. The molecule has 25 heavy (non-hydrogen) atoms. The Kier molecular flexibility index (Phi) is 6.33. The first kappa shape index (κ1) is 19.1. The highest BCUT2D eigenvalue weighted by Crippen LogP contribution is 2.23. The van der Waals surface area contributed by atoms with Crippen LogP contribution in [0.4, 0.5) is 5.69 Å². The van der Waals surface area contributed by atoms with Gasteiger partial charge in [0, 0.05) is 17.2 Å². The fourth-order valence-electron chi connectivity index (χ4n) is 2.17. The third-order valence-corrected chi connectivity index (χ3v) is 4.06. The van der Waals surface area contributed by atoms with Crippen molar-refractivity contribution in [2.75, 3.05) is 6.61 Å². The Morgan fingerprint density at radius 1 is 1.20 bits per heavy atom. The van der Waals surface area contributed by atoms with E-state index in [1.165, 1.54) is 42.5 Å². The summed E-state index contributed by atoms with van der Waals surface area (Å²) in [5.74, 6) is -0.596. The molecule has 0 aliphatic rings. The lowest BCUT2D eigenvalue weighted by Crippen LogP contribution is -2.42. The minimum atomic E-state index is -1.26. The van der Waals surface area contributed by atoms with E-state index in [9.17, 15) is 25.1 Å². The van der Waals surface area contributed by atoms with Crippen LogP contribution >= 0.6 is 23.2 Å². The first-order valence-electron chi connectivity index (χ1n) is 7.12. The first-order valence-corrected chi connectivity index (χ1v) is 7.88. The van der Waals surface area contributed by atoms with Crippen molar-refractivity contribution < 1.29 is 19.9 Å². The molecule has 7 nitrogen and oxygen atoms in total. The van der Waals surface area contributed by atoms with Crippen molar-refractivity contribution >= 4 is 34.8 Å². The normalized spacial score (nSPS) is 13.1. The van der Waals surface area contributed by atoms with Crippen LogP contribution in [-0.4, -0.2) is 33.7 Å². The number of nitrogens with zero attached hydrogens (tertiary/aromatic N) is 1. The number of hydrogen-bond acceptors (Lipinski definition) is 5. The lowest BCUT2D eigenvalue weighted by Gasteiger charge is -2.22. The minimum absolute atomic E-state index is 0.131. The van der Waals surface area contributed by atoms with Crippen LogP contribution in [0.15, 0.2) is 42.5 Å². The fraction of sp³-hybridized carbons (Fsp3) is 0.188. The molecule has 0 saturated carbocycles. The summed E-state index contributed by atoms with van der Waals surface area (Å²) in [5, 5.41) is 33.4. The van der Waals surface area contributed by atoms with Gasteiger partial charge in [0.05, 0.1) is 28.2 Å². The third-order valence-electron chi connectivity index (χ3n) is 3.52. The summed E-state index contributed by atoms with van der Waals surface area (Å²) in [4.78, 5) is 22.4. The Labute approximate surface area is 153 Å². The largest absolute Gasteiger partial charge is 0.394 e. The number of carbonyl (C=O) groups is 1. The molecule has 0 unspecified atom stereocenters. The van der Waals surface area contributed by atoms with Crippen molar-refractivity contribution in [3.63, 3.8) is 0 Å². The van der Waals surface area contributed by atoms with Crippen molar-refractivity contribution in [1.29, 1.82) is 0 Å². The summed E-state index contributed by atoms with van der Waals surface area (Å²) in [5.41, 5.74) is 0.320. The molecule has 3 N–H and O–H groups in total. The molecule has 0 saturated heterocycles. The molecule has 2 atom stereocenters. The average Bonchev–Trinajstić information content (AvgIpc) is 2.58. The van der Waals surface area contributed by atoms with Crippen LogP contribution in [0.25, 0.3) is 0 Å². The summed E-state index contributed by atoms with van der Waals surface area (Å²) in [6.45, 7) is -0.547. The van der Waals surface area contributed by atoms with Gasteiger partial charge < -0.3 is 15.5 Å². The van der Waals surface area contributed by atoms with Crippen molar-refractivity contribution in [1.82, 2.24) is 5.32 Å². The van der Waals surface area contributed by atoms with E-state index >= 15 is 0 Å². The first-order chi connectivity index (χ1) is 11.8. The van der Waals surface area contributed by atoms with Crippen LogP contribution in [0.2, 0.25) is 10.0 Å². The highest BCUT2D eigenvalue weighted by molar-refractivity contribution is 6.36. The van der Waals surface area contributed by atoms with Crippen molar-refractivity contribution in [3.05, 3.63) is 73.8 Å². The van der Waals surface area contributed by atoms with Gasteiger partial charge in [0.2, 0.25) is 0 Å². The molecule has 0 aliphatic carbocycles. The molecule has 0 aliphatic heterocycles. The molecular weight excluding hydrogens is 371 g/mol. The number of amides is 1. The summed E-state index contributed by atoms with van der Waals surface area (Å²) < 4.78 is 0. The van der Waals surface area contributed by atoms with Crippen LogP contribution in [-0.2, 0) is 0 Å². The van der Waals surface area contributed by atoms with E-state index in [0.717, 1.165) is 0 Å². The molecule has 0 bridgehead atoms. The van der Waals surface area contributed by atoms with Crippen molar-refractivity contribution in [2.45, 2.75) is 12.1 Å². The lowest BCUT2D eigenvalue weighted by molar-refractivity contribution is -0.384. The van der Waals surface area contributed by atoms with E-state index in [2.05, 4.69) is 5.32 Å². The van der Waals surface area contributed by atoms with E-state index in [1.54, 1.807) is 0 Å². The number of benzene rings is 2. The van der Waals surface area contributed by atoms with Gasteiger partial charge in [-0.15, -0.1) is 0 Å². The molecule has 2 rings (SSSR count). The second-order valence-electron chi connectivity index (χ2n) is 5.18. The number of rotatable bonds is 6. The number of carbonyl (C=O) groups excluding carboxylic acids is 1. The standard InChI is InChI=1S/C16H14Cl2N2O5/c17-10-3-6-12(13(18)7-10)16(23)19-14(8-21)15(22)9-1-4-11(5-2-9)20(24)25/h1-7,14-15,21-22H,8H2,(H,19,23)/t14-,15-/m0/s1. The van der Waals surface area contributed by atoms with Crippen molar-refractivity contribution in [3.8, 4) is 0 Å². The maximum absolute atomic E-state index is 12.3. The molecule has 2 aromatic carbocycles. The second-order valence-corrected chi connectivity index (χ2v) is 6.02. The van der Waals surface area contributed by atoms with Crippen molar-refractivity contribution in [2.24, 2.45) is 0 Å². The number of nitrogens with one attached hydrogen (secondary N) is 1. The van der Waals surface area contributed by atoms with Gasteiger partial charge in [-0.25, -0.2) is 0 Å². The molecule has 0 aromatic heterocycles. The number of halogens is 2. The second kappa shape index (κ2) is 8.26. The number of non-ortho nitro benzene ring substituents is 1. The van der Waals surface area contributed by atoms with Crippen LogP contribution in [0, 0.1) is 10.1 Å². The maximum Gasteiger partial charge on any atom is 0.269 e. The van der Waals surface area contributed by atoms with Gasteiger partial charge in [0.15, 0.2) is 0 Å². The number of aliphatic hydroxyl groups is 2. The van der Waals surface area contributed by atoms with Gasteiger partial charge in [-0.3, -0.25) is 14.9 Å². The summed E-state index contributed by atoms with van der Waals surface area (Å²) in [7, 11) is 0. The smallest absolute Gasteiger partial charge is 0.269 e. The Balaban J connectivity index is 2.15. The predicted octanol–water partition coefficient (Wildman–Crippen LogP) is 2.73. The molecule has 2 aromatic rings. The van der Waals surface area contributed by atoms with Gasteiger partial charge in [-0.2, -0.15) is 0 Å². The fourth-order valence-corrected chi connectivity index (χ4v) is 2.66. The zero-order chi connectivity index (χ0) is 18.6. The number of nitro groups is 1. The van der Waals surface area contributed by atoms with Gasteiger partial charge in [-0.1, -0.05) is 23.2 Å². The monoisotopic (exact) mass is 384 g/mol. The molecule has 1 amide bonds. The Bertz CT molecular complexity index is 783. The molecule has 0 heterocycles. The summed E-state index contributed by atoms with van der Waals surface area (Å²) >= 11 is 11.7. The van der Waals surface area contributed by atoms with Crippen LogP contribution in [0.3, 0.4) is 0 Å². The number of aliphatic hydroxyl groups excluding tert-OH is 2. The highest BCUT2D eigenvalue weighted by Gasteiger charge is 2.24. The van der Waals surface area contributed by atoms with Gasteiger partial charge in [0.1, 0.15) is 6.10 Å². The number of hydrogen-bond donors (Lipinski definition) is 3. The van der Waals surface area contributed by atoms with Gasteiger partial charge >= 0.3 is 0 Å². The Morgan fingerprint density at radius 3 is 2.36 bits per heavy atom. The quantitative estimate of drug-likeness (QED) is 0.523. The molecule has 0 fully saturated rings. The summed E-state index contributed by atoms with van der Waals surface area (Å²) in [6.07, 6.45) is -1.26. The number of nitro benzene ring substituents is 1. The SMILES string of the molecule is O=C(N[C@@H](CO)[C@@H](O)c1ccc([N+](=O)[O-])cc1)c1ccc(Cl)cc1Cl. The summed E-state index contributed by atoms with van der Waals surface area (Å²) in [6, 6.07) is 8.45. The van der Waals surface area contributed by atoms with E-state index < -0.39 is 29.6 Å². The Morgan fingerprint density at radius 2 is 1.84 bits per heavy atom. The van der Waals surface area contributed by atoms with E-state index in [4.69, 9.17) is 23.2 Å². The van der Waals surface area contributed by atoms with E-state index in [-0.39, 0.29) is 16.3 Å². The molecule has 0 radical (unpaired) electrons. The van der Waals surface area contributed by atoms with Crippen LogP contribution in [0.1, 0.15) is 22.0 Å². The molecular formula is C16H14Cl2N2O5. The van der Waals surface area contributed by atoms with E-state index in [1.807, 2.05) is 0 Å². The molecule has 9 heteroatoms. The van der Waals surface area contributed by atoms with Crippen LogP contribution < -0.4 is 5.32 Å². The van der Waals surface area contributed by atoms with Gasteiger partial charge in [0.25, 0.3) is 11.6 Å². The third kappa shape index (κ3) is 4.67. The molecule has 0 spiro atoms. The topological polar surface area (TPSA) is 113 Å². The lowest BCUT2D eigenvalue weighted by atomic mass is 10.0. The predicted molar refractivity (Wildman–Crippen MR) is 92.9 cm³/mol. The zero-order valence-electron chi connectivity index (χ0n) is 12.7. The Hall–Kier alpha value is -2.19.